The molecule has 2 atom stereocenters. The molecule has 0 saturated heterocycles. The van der Waals surface area contributed by atoms with Crippen molar-refractivity contribution in [2.75, 3.05) is 13.7 Å². The second-order valence-corrected chi connectivity index (χ2v) is 8.18. The first-order valence-corrected chi connectivity index (χ1v) is 9.67. The SMILES string of the molecule is COC(=O)c1cccc(S(=O)(=O)NC2(CN)CCCCC2C)c1C. The fourth-order valence-electron chi connectivity index (χ4n) is 3.47. The Balaban J connectivity index is 2.42. The molecule has 134 valence electrons. The zero-order valence-corrected chi connectivity index (χ0v) is 15.3. The van der Waals surface area contributed by atoms with E-state index in [4.69, 9.17) is 10.5 Å². The summed E-state index contributed by atoms with van der Waals surface area (Å²) in [4.78, 5) is 11.9. The van der Waals surface area contributed by atoms with Crippen molar-refractivity contribution in [3.8, 4) is 0 Å². The monoisotopic (exact) mass is 354 g/mol. The Kier molecular flexibility index (Phi) is 5.67. The number of nitrogens with one attached hydrogen (secondary N) is 1. The number of esters is 1. The summed E-state index contributed by atoms with van der Waals surface area (Å²) in [5, 5.41) is 0. The van der Waals surface area contributed by atoms with Gasteiger partial charge in [0.05, 0.1) is 17.6 Å². The molecule has 1 fully saturated rings. The highest BCUT2D eigenvalue weighted by atomic mass is 32.2. The van der Waals surface area contributed by atoms with E-state index in [0.29, 0.717) is 5.56 Å². The van der Waals surface area contributed by atoms with E-state index in [1.165, 1.54) is 13.2 Å². The van der Waals surface area contributed by atoms with Gasteiger partial charge in [-0.2, -0.15) is 0 Å². The zero-order valence-electron chi connectivity index (χ0n) is 14.5. The lowest BCUT2D eigenvalue weighted by atomic mass is 9.74. The summed E-state index contributed by atoms with van der Waals surface area (Å²) in [6.07, 6.45) is 3.70. The highest BCUT2D eigenvalue weighted by Crippen LogP contribution is 2.34. The number of sulfonamides is 1. The van der Waals surface area contributed by atoms with Crippen molar-refractivity contribution in [2.24, 2.45) is 11.7 Å². The van der Waals surface area contributed by atoms with Gasteiger partial charge in [0.2, 0.25) is 10.0 Å². The highest BCUT2D eigenvalue weighted by Gasteiger charge is 2.41. The third kappa shape index (κ3) is 3.48. The molecule has 3 N–H and O–H groups in total. The average molecular weight is 354 g/mol. The largest absolute Gasteiger partial charge is 0.465 e. The summed E-state index contributed by atoms with van der Waals surface area (Å²) < 4.78 is 33.5. The van der Waals surface area contributed by atoms with E-state index in [9.17, 15) is 13.2 Å². The predicted molar refractivity (Wildman–Crippen MR) is 92.3 cm³/mol. The van der Waals surface area contributed by atoms with Gasteiger partial charge in [0.15, 0.2) is 0 Å². The molecule has 0 radical (unpaired) electrons. The number of carbonyl (C=O) groups is 1. The molecule has 2 unspecified atom stereocenters. The number of hydrogen-bond acceptors (Lipinski definition) is 5. The Hall–Kier alpha value is -1.44. The molecule has 1 aromatic rings. The molecule has 0 amide bonds. The summed E-state index contributed by atoms with van der Waals surface area (Å²) in [6, 6.07) is 4.61. The number of carbonyl (C=O) groups excluding carboxylic acids is 1. The van der Waals surface area contributed by atoms with Gasteiger partial charge in [0.1, 0.15) is 0 Å². The van der Waals surface area contributed by atoms with Crippen LogP contribution in [0.3, 0.4) is 0 Å². The molecule has 0 aliphatic heterocycles. The van der Waals surface area contributed by atoms with Crippen LogP contribution in [0.25, 0.3) is 0 Å². The highest BCUT2D eigenvalue weighted by molar-refractivity contribution is 7.89. The van der Waals surface area contributed by atoms with Crippen LogP contribution in [-0.2, 0) is 14.8 Å². The van der Waals surface area contributed by atoms with Crippen LogP contribution in [0.15, 0.2) is 23.1 Å². The first kappa shape index (κ1) is 18.9. The molecule has 0 bridgehead atoms. The summed E-state index contributed by atoms with van der Waals surface area (Å²) >= 11 is 0. The summed E-state index contributed by atoms with van der Waals surface area (Å²) in [6.45, 7) is 3.90. The third-order valence-electron chi connectivity index (χ3n) is 5.13. The van der Waals surface area contributed by atoms with Crippen LogP contribution in [0.5, 0.6) is 0 Å². The number of nitrogens with two attached hydrogens (primary N) is 1. The minimum atomic E-state index is -3.80. The lowest BCUT2D eigenvalue weighted by Crippen LogP contribution is -2.59. The normalized spacial score (nSPS) is 24.6. The fourth-order valence-corrected chi connectivity index (χ4v) is 5.27. The van der Waals surface area contributed by atoms with Gasteiger partial charge < -0.3 is 10.5 Å². The maximum absolute atomic E-state index is 13.0. The van der Waals surface area contributed by atoms with Gasteiger partial charge in [-0.25, -0.2) is 17.9 Å². The van der Waals surface area contributed by atoms with Crippen molar-refractivity contribution in [1.82, 2.24) is 4.72 Å². The van der Waals surface area contributed by atoms with Crippen LogP contribution >= 0.6 is 0 Å². The van der Waals surface area contributed by atoms with Gasteiger partial charge in [-0.05, 0) is 43.4 Å². The first-order valence-electron chi connectivity index (χ1n) is 8.19. The van der Waals surface area contributed by atoms with Crippen LogP contribution in [0.2, 0.25) is 0 Å². The molecule has 6 nitrogen and oxygen atoms in total. The molecule has 1 saturated carbocycles. The third-order valence-corrected chi connectivity index (χ3v) is 6.83. The minimum Gasteiger partial charge on any atom is -0.465 e. The van der Waals surface area contributed by atoms with E-state index >= 15 is 0 Å². The Morgan fingerprint density at radius 2 is 2.12 bits per heavy atom. The Morgan fingerprint density at radius 3 is 2.71 bits per heavy atom. The van der Waals surface area contributed by atoms with Crippen LogP contribution < -0.4 is 10.5 Å². The second-order valence-electron chi connectivity index (χ2n) is 6.53. The quantitative estimate of drug-likeness (QED) is 0.788. The van der Waals surface area contributed by atoms with Crippen molar-refractivity contribution in [3.63, 3.8) is 0 Å². The maximum atomic E-state index is 13.0. The van der Waals surface area contributed by atoms with E-state index < -0.39 is 21.5 Å². The number of methoxy groups -OCH3 is 1. The maximum Gasteiger partial charge on any atom is 0.338 e. The summed E-state index contributed by atoms with van der Waals surface area (Å²) in [7, 11) is -2.52. The molecule has 0 heterocycles. The van der Waals surface area contributed by atoms with Crippen molar-refractivity contribution < 1.29 is 17.9 Å². The van der Waals surface area contributed by atoms with Gasteiger partial charge in [-0.15, -0.1) is 0 Å². The second kappa shape index (κ2) is 7.21. The topological polar surface area (TPSA) is 98.5 Å². The molecule has 2 rings (SSSR count). The van der Waals surface area contributed by atoms with Crippen LogP contribution in [0.1, 0.15) is 48.5 Å². The number of hydrogen-bond donors (Lipinski definition) is 2. The summed E-state index contributed by atoms with van der Waals surface area (Å²) in [5.41, 5.74) is 5.95. The van der Waals surface area contributed by atoms with Crippen molar-refractivity contribution in [3.05, 3.63) is 29.3 Å². The zero-order chi connectivity index (χ0) is 18.0. The first-order chi connectivity index (χ1) is 11.3. The van der Waals surface area contributed by atoms with Crippen molar-refractivity contribution in [1.29, 1.82) is 0 Å². The molecular formula is C17H26N2O4S. The number of rotatable bonds is 5. The average Bonchev–Trinajstić information content (AvgIpc) is 2.56. The predicted octanol–water partition coefficient (Wildman–Crippen LogP) is 1.97. The van der Waals surface area contributed by atoms with E-state index in [0.717, 1.165) is 25.7 Å². The molecule has 0 aromatic heterocycles. The van der Waals surface area contributed by atoms with E-state index in [2.05, 4.69) is 4.72 Å². The van der Waals surface area contributed by atoms with E-state index in [1.54, 1.807) is 19.1 Å². The lowest BCUT2D eigenvalue weighted by Gasteiger charge is -2.42. The molecule has 0 spiro atoms. The van der Waals surface area contributed by atoms with Crippen molar-refractivity contribution in [2.45, 2.75) is 50.0 Å². The molecular weight excluding hydrogens is 328 g/mol. The smallest absolute Gasteiger partial charge is 0.338 e. The molecule has 1 aliphatic rings. The van der Waals surface area contributed by atoms with Crippen molar-refractivity contribution >= 4 is 16.0 Å². The van der Waals surface area contributed by atoms with Crippen LogP contribution in [0.4, 0.5) is 0 Å². The summed E-state index contributed by atoms with van der Waals surface area (Å²) in [5.74, 6) is -0.390. The van der Waals surface area contributed by atoms with Gasteiger partial charge in [-0.1, -0.05) is 25.8 Å². The standard InChI is InChI=1S/C17H26N2O4S/c1-12-7-4-5-10-17(12,11-18)19-24(21,22)15-9-6-8-14(13(15)2)16(20)23-3/h6,8-9,12,19H,4-5,7,10-11,18H2,1-3H3. The molecule has 1 aromatic carbocycles. The van der Waals surface area contributed by atoms with E-state index in [1.807, 2.05) is 6.92 Å². The molecule has 24 heavy (non-hydrogen) atoms. The Morgan fingerprint density at radius 1 is 1.42 bits per heavy atom. The van der Waals surface area contributed by atoms with Crippen LogP contribution in [-0.4, -0.2) is 33.6 Å². The fraction of sp³-hybridized carbons (Fsp3) is 0.588. The lowest BCUT2D eigenvalue weighted by molar-refractivity contribution is 0.0599. The molecule has 1 aliphatic carbocycles. The van der Waals surface area contributed by atoms with Gasteiger partial charge in [0, 0.05) is 12.1 Å². The Labute approximate surface area is 143 Å². The molecule has 7 heteroatoms. The minimum absolute atomic E-state index is 0.0935. The van der Waals surface area contributed by atoms with Gasteiger partial charge >= 0.3 is 5.97 Å². The van der Waals surface area contributed by atoms with E-state index in [-0.39, 0.29) is 22.9 Å². The number of ether oxygens (including phenoxy) is 1. The van der Waals surface area contributed by atoms with Gasteiger partial charge in [-0.3, -0.25) is 0 Å². The number of benzene rings is 1. The Bertz CT molecular complexity index is 717. The van der Waals surface area contributed by atoms with Gasteiger partial charge in [0.25, 0.3) is 0 Å². The van der Waals surface area contributed by atoms with Crippen LogP contribution in [0, 0.1) is 12.8 Å².